The predicted octanol–water partition coefficient (Wildman–Crippen LogP) is 0.0489. The van der Waals surface area contributed by atoms with Crippen LogP contribution in [0.3, 0.4) is 0 Å². The number of hydrogen-bond acceptors (Lipinski definition) is 6. The Bertz CT molecular complexity index is 821. The molecule has 136 valence electrons. The fraction of sp³-hybridized carbons (Fsp3) is 0.444. The first-order valence-corrected chi connectivity index (χ1v) is 8.74. The molecule has 0 radical (unpaired) electrons. The van der Waals surface area contributed by atoms with E-state index in [9.17, 15) is 24.3 Å². The first-order chi connectivity index (χ1) is 12.5. The van der Waals surface area contributed by atoms with Crippen molar-refractivity contribution in [2.45, 2.75) is 37.8 Å². The molecule has 2 N–H and O–H groups in total. The van der Waals surface area contributed by atoms with Crippen LogP contribution in [0.2, 0.25) is 0 Å². The molecule has 8 nitrogen and oxygen atoms in total. The van der Waals surface area contributed by atoms with Crippen LogP contribution in [-0.2, 0) is 9.59 Å². The molecule has 2 atom stereocenters. The second-order valence-corrected chi connectivity index (χ2v) is 6.85. The quantitative estimate of drug-likeness (QED) is 0.740. The Labute approximate surface area is 149 Å². The molecule has 2 fully saturated rings. The van der Waals surface area contributed by atoms with E-state index in [4.69, 9.17) is 0 Å². The van der Waals surface area contributed by atoms with Crippen molar-refractivity contribution >= 4 is 29.3 Å². The van der Waals surface area contributed by atoms with E-state index in [0.29, 0.717) is 0 Å². The van der Waals surface area contributed by atoms with Gasteiger partial charge >= 0.3 is 0 Å². The molecule has 8 heteroatoms. The summed E-state index contributed by atoms with van der Waals surface area (Å²) in [6.45, 7) is 0.815. The van der Waals surface area contributed by atoms with Crippen molar-refractivity contribution < 1.29 is 24.3 Å². The fourth-order valence-electron chi connectivity index (χ4n) is 4.00. The molecular formula is C18H19N3O5. The minimum Gasteiger partial charge on any atom is -0.394 e. The molecule has 26 heavy (non-hydrogen) atoms. The molecule has 1 aromatic rings. The molecule has 3 aliphatic rings. The molecular weight excluding hydrogens is 338 g/mol. The van der Waals surface area contributed by atoms with Gasteiger partial charge in [-0.25, -0.2) is 0 Å². The number of carbonyl (C=O) groups is 4. The number of imide groups is 2. The number of rotatable bonds is 3. The lowest BCUT2D eigenvalue weighted by Gasteiger charge is -2.27. The predicted molar refractivity (Wildman–Crippen MR) is 90.6 cm³/mol. The SMILES string of the molecule is O=C1CCC(N2C(=O)c3ccc(N4CCC[C@H]4CO)cc3C2=O)C(=O)N1. The number of aliphatic hydroxyl groups excluding tert-OH is 1. The van der Waals surface area contributed by atoms with Gasteiger partial charge in [0.25, 0.3) is 11.8 Å². The maximum Gasteiger partial charge on any atom is 0.262 e. The van der Waals surface area contributed by atoms with E-state index < -0.39 is 29.7 Å². The van der Waals surface area contributed by atoms with Crippen LogP contribution < -0.4 is 10.2 Å². The standard InChI is InChI=1S/C18H19N3O5/c22-9-11-2-1-7-20(11)10-3-4-12-13(8-10)18(26)21(17(12)25)14-5-6-15(23)19-16(14)24/h3-4,8,11,14,22H,1-2,5-7,9H2,(H,19,23,24)/t11-,14?/m0/s1. The third kappa shape index (κ3) is 2.48. The lowest BCUT2D eigenvalue weighted by Crippen LogP contribution is -2.54. The van der Waals surface area contributed by atoms with Gasteiger partial charge in [-0.1, -0.05) is 0 Å². The van der Waals surface area contributed by atoms with Gasteiger partial charge in [0.15, 0.2) is 0 Å². The average molecular weight is 357 g/mol. The summed E-state index contributed by atoms with van der Waals surface area (Å²) in [6.07, 6.45) is 2.07. The molecule has 0 aromatic heterocycles. The number of hydrogen-bond donors (Lipinski definition) is 2. The molecule has 2 saturated heterocycles. The second kappa shape index (κ2) is 6.21. The third-order valence-corrected chi connectivity index (χ3v) is 5.34. The Kier molecular flexibility index (Phi) is 3.99. The number of nitrogens with one attached hydrogen (secondary N) is 1. The lowest BCUT2D eigenvalue weighted by atomic mass is 10.0. The summed E-state index contributed by atoms with van der Waals surface area (Å²) in [5.41, 5.74) is 1.32. The Morgan fingerprint density at radius 3 is 2.58 bits per heavy atom. The van der Waals surface area contributed by atoms with Crippen LogP contribution in [0.25, 0.3) is 0 Å². The van der Waals surface area contributed by atoms with Gasteiger partial charge in [-0.05, 0) is 37.5 Å². The number of anilines is 1. The highest BCUT2D eigenvalue weighted by Crippen LogP contribution is 2.33. The zero-order valence-corrected chi connectivity index (χ0v) is 14.1. The van der Waals surface area contributed by atoms with Crippen molar-refractivity contribution in [3.63, 3.8) is 0 Å². The van der Waals surface area contributed by atoms with E-state index in [-0.39, 0.29) is 36.6 Å². The Morgan fingerprint density at radius 1 is 1.08 bits per heavy atom. The van der Waals surface area contributed by atoms with E-state index in [2.05, 4.69) is 5.32 Å². The van der Waals surface area contributed by atoms with E-state index in [1.807, 2.05) is 4.90 Å². The molecule has 0 saturated carbocycles. The summed E-state index contributed by atoms with van der Waals surface area (Å²) in [5.74, 6) is -2.03. The van der Waals surface area contributed by atoms with Crippen LogP contribution in [0, 0.1) is 0 Å². The summed E-state index contributed by atoms with van der Waals surface area (Å²) in [5, 5.41) is 11.7. The smallest absolute Gasteiger partial charge is 0.262 e. The summed E-state index contributed by atoms with van der Waals surface area (Å²) in [7, 11) is 0. The van der Waals surface area contributed by atoms with Gasteiger partial charge < -0.3 is 10.0 Å². The minimum atomic E-state index is -0.958. The Hall–Kier alpha value is -2.74. The number of fused-ring (bicyclic) bond motifs is 1. The molecule has 3 aliphatic heterocycles. The minimum absolute atomic E-state index is 0.00601. The maximum absolute atomic E-state index is 12.8. The second-order valence-electron chi connectivity index (χ2n) is 6.85. The summed E-state index contributed by atoms with van der Waals surface area (Å²) < 4.78 is 0. The molecule has 4 amide bonds. The number of amides is 4. The summed E-state index contributed by atoms with van der Waals surface area (Å²) >= 11 is 0. The first-order valence-electron chi connectivity index (χ1n) is 8.74. The zero-order chi connectivity index (χ0) is 18.4. The van der Waals surface area contributed by atoms with E-state index in [0.717, 1.165) is 30.0 Å². The van der Waals surface area contributed by atoms with Gasteiger partial charge in [0, 0.05) is 18.7 Å². The molecule has 0 bridgehead atoms. The van der Waals surface area contributed by atoms with Gasteiger partial charge in [0.1, 0.15) is 6.04 Å². The summed E-state index contributed by atoms with van der Waals surface area (Å²) in [6, 6.07) is 4.08. The molecule has 1 aromatic carbocycles. The van der Waals surface area contributed by atoms with Gasteiger partial charge in [0.05, 0.1) is 23.8 Å². The maximum atomic E-state index is 12.8. The molecule has 3 heterocycles. The van der Waals surface area contributed by atoms with Gasteiger partial charge in [-0.3, -0.25) is 29.4 Å². The van der Waals surface area contributed by atoms with Crippen molar-refractivity contribution in [3.8, 4) is 0 Å². The van der Waals surface area contributed by atoms with Gasteiger partial charge in [0.2, 0.25) is 11.8 Å². The normalized spacial score (nSPS) is 25.7. The lowest BCUT2D eigenvalue weighted by molar-refractivity contribution is -0.136. The fourth-order valence-corrected chi connectivity index (χ4v) is 4.00. The molecule has 4 rings (SSSR count). The van der Waals surface area contributed by atoms with Crippen LogP contribution in [-0.4, -0.2) is 58.9 Å². The van der Waals surface area contributed by atoms with E-state index in [1.54, 1.807) is 18.2 Å². The molecule has 1 unspecified atom stereocenters. The zero-order valence-electron chi connectivity index (χ0n) is 14.1. The topological polar surface area (TPSA) is 107 Å². The highest BCUT2D eigenvalue weighted by atomic mass is 16.3. The first kappa shape index (κ1) is 16.7. The third-order valence-electron chi connectivity index (χ3n) is 5.34. The van der Waals surface area contributed by atoms with Crippen molar-refractivity contribution in [1.82, 2.24) is 10.2 Å². The summed E-state index contributed by atoms with van der Waals surface area (Å²) in [4.78, 5) is 51.9. The van der Waals surface area contributed by atoms with Crippen molar-refractivity contribution in [1.29, 1.82) is 0 Å². The van der Waals surface area contributed by atoms with Crippen molar-refractivity contribution in [2.24, 2.45) is 0 Å². The number of aliphatic hydroxyl groups is 1. The Morgan fingerprint density at radius 2 is 1.85 bits per heavy atom. The highest BCUT2D eigenvalue weighted by Gasteiger charge is 2.44. The molecule has 0 aliphatic carbocycles. The number of nitrogens with zero attached hydrogens (tertiary/aromatic N) is 2. The van der Waals surface area contributed by atoms with Crippen LogP contribution in [0.1, 0.15) is 46.4 Å². The van der Waals surface area contributed by atoms with E-state index in [1.165, 1.54) is 0 Å². The number of benzene rings is 1. The highest BCUT2D eigenvalue weighted by molar-refractivity contribution is 6.23. The van der Waals surface area contributed by atoms with Crippen LogP contribution in [0.15, 0.2) is 18.2 Å². The van der Waals surface area contributed by atoms with Crippen LogP contribution in [0.4, 0.5) is 5.69 Å². The van der Waals surface area contributed by atoms with Crippen molar-refractivity contribution in [2.75, 3.05) is 18.1 Å². The monoisotopic (exact) mass is 357 g/mol. The van der Waals surface area contributed by atoms with Gasteiger partial charge in [-0.2, -0.15) is 0 Å². The van der Waals surface area contributed by atoms with Crippen LogP contribution >= 0.6 is 0 Å². The molecule has 0 spiro atoms. The van der Waals surface area contributed by atoms with Crippen LogP contribution in [0.5, 0.6) is 0 Å². The largest absolute Gasteiger partial charge is 0.394 e. The van der Waals surface area contributed by atoms with Crippen molar-refractivity contribution in [3.05, 3.63) is 29.3 Å². The van der Waals surface area contributed by atoms with Gasteiger partial charge in [-0.15, -0.1) is 0 Å². The average Bonchev–Trinajstić information content (AvgIpc) is 3.19. The number of carbonyl (C=O) groups excluding carboxylic acids is 4. The number of piperidine rings is 1. The van der Waals surface area contributed by atoms with E-state index >= 15 is 0 Å². The Balaban J connectivity index is 1.64.